The van der Waals surface area contributed by atoms with Crippen molar-refractivity contribution in [1.29, 1.82) is 0 Å². The molecular weight excluding hydrogens is 317 g/mol. The van der Waals surface area contributed by atoms with E-state index in [1.807, 2.05) is 0 Å². The summed E-state index contributed by atoms with van der Waals surface area (Å²) < 4.78 is 19.3. The summed E-state index contributed by atoms with van der Waals surface area (Å²) in [5.41, 5.74) is 7.35. The maximum atomic E-state index is 13.9. The second kappa shape index (κ2) is 6.34. The van der Waals surface area contributed by atoms with Gasteiger partial charge in [0.05, 0.1) is 12.6 Å². The Morgan fingerprint density at radius 3 is 2.68 bits per heavy atom. The topological polar surface area (TPSA) is 72.5 Å². The molecule has 0 heterocycles. The molecule has 19 heavy (non-hydrogen) atoms. The van der Waals surface area contributed by atoms with Crippen LogP contribution in [0, 0.1) is 13.8 Å². The monoisotopic (exact) mass is 333 g/mol. The zero-order chi connectivity index (χ0) is 14.7. The van der Waals surface area contributed by atoms with Crippen molar-refractivity contribution in [3.05, 3.63) is 27.2 Å². The molecule has 1 aromatic rings. The maximum absolute atomic E-state index is 13.9. The zero-order valence-corrected chi connectivity index (χ0v) is 12.6. The van der Waals surface area contributed by atoms with E-state index in [-0.39, 0.29) is 17.9 Å². The fourth-order valence-electron chi connectivity index (χ4n) is 1.89. The largest absolute Gasteiger partial charge is 0.508 e. The number of halogens is 2. The first kappa shape index (κ1) is 15.9. The van der Waals surface area contributed by atoms with Gasteiger partial charge in [-0.2, -0.15) is 0 Å². The van der Waals surface area contributed by atoms with Crippen molar-refractivity contribution in [2.24, 2.45) is 5.73 Å². The minimum atomic E-state index is -2.01. The lowest BCUT2D eigenvalue weighted by atomic mass is 9.95. The third-order valence-electron chi connectivity index (χ3n) is 2.87. The lowest BCUT2D eigenvalue weighted by Crippen LogP contribution is -2.32. The first-order valence-corrected chi connectivity index (χ1v) is 6.65. The van der Waals surface area contributed by atoms with Crippen LogP contribution >= 0.6 is 15.9 Å². The van der Waals surface area contributed by atoms with E-state index in [1.54, 1.807) is 20.8 Å². The van der Waals surface area contributed by atoms with Crippen molar-refractivity contribution in [3.63, 3.8) is 0 Å². The maximum Gasteiger partial charge on any atom is 0.342 e. The highest BCUT2D eigenvalue weighted by Crippen LogP contribution is 2.36. The minimum Gasteiger partial charge on any atom is -0.508 e. The predicted octanol–water partition coefficient (Wildman–Crippen LogP) is 2.67. The van der Waals surface area contributed by atoms with Crippen molar-refractivity contribution in [1.82, 2.24) is 0 Å². The van der Waals surface area contributed by atoms with Gasteiger partial charge in [-0.05, 0) is 38.0 Å². The van der Waals surface area contributed by atoms with Crippen LogP contribution in [0.4, 0.5) is 4.39 Å². The summed E-state index contributed by atoms with van der Waals surface area (Å²) in [6, 6.07) is 0.209. The summed E-state index contributed by atoms with van der Waals surface area (Å²) >= 11 is 3.34. The molecule has 1 aromatic carbocycles. The Morgan fingerprint density at radius 1 is 1.58 bits per heavy atom. The molecule has 0 fully saturated rings. The summed E-state index contributed by atoms with van der Waals surface area (Å²) in [4.78, 5) is 11.4. The Balaban J connectivity index is 3.16. The predicted molar refractivity (Wildman–Crippen MR) is 73.7 cm³/mol. The van der Waals surface area contributed by atoms with Crippen LogP contribution in [0.5, 0.6) is 5.75 Å². The highest BCUT2D eigenvalue weighted by atomic mass is 79.9. The van der Waals surface area contributed by atoms with Gasteiger partial charge in [0.1, 0.15) is 5.75 Å². The first-order chi connectivity index (χ1) is 8.81. The Morgan fingerprint density at radius 2 is 2.16 bits per heavy atom. The highest BCUT2D eigenvalue weighted by molar-refractivity contribution is 9.10. The lowest BCUT2D eigenvalue weighted by Gasteiger charge is -2.20. The molecule has 1 rings (SSSR count). The van der Waals surface area contributed by atoms with E-state index in [1.165, 1.54) is 6.07 Å². The van der Waals surface area contributed by atoms with Gasteiger partial charge in [-0.15, -0.1) is 0 Å². The smallest absolute Gasteiger partial charge is 0.342 e. The molecule has 1 unspecified atom stereocenters. The van der Waals surface area contributed by atoms with Crippen LogP contribution in [-0.2, 0) is 9.53 Å². The van der Waals surface area contributed by atoms with Crippen LogP contribution in [0.25, 0.3) is 0 Å². The number of aryl methyl sites for hydroxylation is 1. The number of rotatable bonds is 4. The van der Waals surface area contributed by atoms with E-state index in [0.29, 0.717) is 5.56 Å². The van der Waals surface area contributed by atoms with Crippen LogP contribution in [0.15, 0.2) is 10.5 Å². The second-order valence-corrected chi connectivity index (χ2v) is 5.04. The Bertz CT molecular complexity index is 493. The SMILES string of the molecule is CCOC(=O)C(F)[C@@H](N)c1c(O)cc(C)c(Br)c1C. The van der Waals surface area contributed by atoms with Crippen molar-refractivity contribution in [2.75, 3.05) is 6.61 Å². The van der Waals surface area contributed by atoms with Crippen LogP contribution < -0.4 is 5.73 Å². The molecule has 0 aliphatic heterocycles. The molecular formula is C13H17BrFNO3. The van der Waals surface area contributed by atoms with Crippen molar-refractivity contribution >= 4 is 21.9 Å². The van der Waals surface area contributed by atoms with Gasteiger partial charge in [0.15, 0.2) is 0 Å². The molecule has 0 spiro atoms. The number of aromatic hydroxyl groups is 1. The molecule has 0 saturated carbocycles. The average Bonchev–Trinajstić information content (AvgIpc) is 2.35. The second-order valence-electron chi connectivity index (χ2n) is 4.24. The summed E-state index contributed by atoms with van der Waals surface area (Å²) in [7, 11) is 0. The van der Waals surface area contributed by atoms with Gasteiger partial charge < -0.3 is 15.6 Å². The van der Waals surface area contributed by atoms with Crippen molar-refractivity contribution in [2.45, 2.75) is 33.0 Å². The molecule has 3 N–H and O–H groups in total. The summed E-state index contributed by atoms with van der Waals surface area (Å²) in [5.74, 6) is -1.15. The quantitative estimate of drug-likeness (QED) is 0.831. The van der Waals surface area contributed by atoms with E-state index in [9.17, 15) is 14.3 Å². The molecule has 2 atom stereocenters. The third-order valence-corrected chi connectivity index (χ3v) is 4.09. The van der Waals surface area contributed by atoms with Gasteiger partial charge in [0, 0.05) is 10.0 Å². The zero-order valence-electron chi connectivity index (χ0n) is 11.0. The number of carbonyl (C=O) groups excluding carboxylic acids is 1. The number of alkyl halides is 1. The highest BCUT2D eigenvalue weighted by Gasteiger charge is 2.31. The van der Waals surface area contributed by atoms with E-state index >= 15 is 0 Å². The number of phenolic OH excluding ortho intramolecular Hbond substituents is 1. The molecule has 6 heteroatoms. The normalized spacial score (nSPS) is 14.0. The first-order valence-electron chi connectivity index (χ1n) is 5.86. The number of nitrogens with two attached hydrogens (primary N) is 1. The van der Waals surface area contributed by atoms with Crippen LogP contribution in [0.2, 0.25) is 0 Å². The molecule has 0 radical (unpaired) electrons. The van der Waals surface area contributed by atoms with Gasteiger partial charge in [-0.3, -0.25) is 0 Å². The van der Waals surface area contributed by atoms with E-state index in [2.05, 4.69) is 20.7 Å². The fourth-order valence-corrected chi connectivity index (χ4v) is 2.22. The van der Waals surface area contributed by atoms with Crippen LogP contribution in [0.1, 0.15) is 29.7 Å². The van der Waals surface area contributed by atoms with Crippen molar-refractivity contribution in [3.8, 4) is 5.75 Å². The fraction of sp³-hybridized carbons (Fsp3) is 0.462. The van der Waals surface area contributed by atoms with Gasteiger partial charge in [0.2, 0.25) is 6.17 Å². The molecule has 4 nitrogen and oxygen atoms in total. The van der Waals surface area contributed by atoms with Gasteiger partial charge in [-0.1, -0.05) is 15.9 Å². The lowest BCUT2D eigenvalue weighted by molar-refractivity contribution is -0.149. The van der Waals surface area contributed by atoms with Crippen LogP contribution in [0.3, 0.4) is 0 Å². The number of hydrogen-bond donors (Lipinski definition) is 2. The van der Waals surface area contributed by atoms with Gasteiger partial charge in [0.25, 0.3) is 0 Å². The number of carbonyl (C=O) groups is 1. The molecule has 0 aliphatic rings. The molecule has 0 amide bonds. The average molecular weight is 334 g/mol. The molecule has 0 aliphatic carbocycles. The van der Waals surface area contributed by atoms with Gasteiger partial charge >= 0.3 is 5.97 Å². The molecule has 0 bridgehead atoms. The van der Waals surface area contributed by atoms with Gasteiger partial charge in [-0.25, -0.2) is 9.18 Å². The number of esters is 1. The van der Waals surface area contributed by atoms with E-state index in [4.69, 9.17) is 5.73 Å². The number of ether oxygens (including phenoxy) is 1. The summed E-state index contributed by atoms with van der Waals surface area (Å²) in [5, 5.41) is 9.91. The number of hydrogen-bond acceptors (Lipinski definition) is 4. The van der Waals surface area contributed by atoms with Crippen molar-refractivity contribution < 1.29 is 19.0 Å². The minimum absolute atomic E-state index is 0.0779. The van der Waals surface area contributed by atoms with E-state index in [0.717, 1.165) is 10.0 Å². The third kappa shape index (κ3) is 3.25. The van der Waals surface area contributed by atoms with E-state index < -0.39 is 18.2 Å². The molecule has 106 valence electrons. The number of phenols is 1. The number of benzene rings is 1. The Hall–Kier alpha value is -1.14. The Kier molecular flexibility index (Phi) is 5.31. The summed E-state index contributed by atoms with van der Waals surface area (Å²) in [6.07, 6.45) is -2.01. The summed E-state index contributed by atoms with van der Waals surface area (Å²) in [6.45, 7) is 5.16. The molecule has 0 saturated heterocycles. The Labute approximate surface area is 119 Å². The van der Waals surface area contributed by atoms with Crippen LogP contribution in [-0.4, -0.2) is 23.9 Å². The molecule has 0 aromatic heterocycles. The standard InChI is InChI=1S/C13H17BrFNO3/c1-4-19-13(18)11(15)12(16)9-7(3)10(14)6(2)5-8(9)17/h5,11-12,17H,4,16H2,1-3H3/t11?,12-/m0/s1.